The highest BCUT2D eigenvalue weighted by Crippen LogP contribution is 2.21. The number of benzene rings is 2. The summed E-state index contributed by atoms with van der Waals surface area (Å²) in [5.41, 5.74) is 2.16. The van der Waals surface area contributed by atoms with Crippen LogP contribution in [0.4, 0.5) is 0 Å². The minimum Gasteiger partial charge on any atom is -0.491 e. The minimum atomic E-state index is -0.567. The first-order valence-electron chi connectivity index (χ1n) is 7.41. The van der Waals surface area contributed by atoms with Crippen LogP contribution < -0.4 is 10.1 Å². The summed E-state index contributed by atoms with van der Waals surface area (Å²) in [6, 6.07) is 15.8. The van der Waals surface area contributed by atoms with Gasteiger partial charge in [0.2, 0.25) is 0 Å². The summed E-state index contributed by atoms with van der Waals surface area (Å²) in [6.07, 6.45) is -0.567. The molecule has 0 aliphatic heterocycles. The molecule has 2 aromatic rings. The number of aliphatic hydroxyl groups is 1. The fraction of sp³-hybridized carbons (Fsp3) is 0.333. The number of halogens is 1. The molecule has 0 unspecified atom stereocenters. The molecule has 0 fully saturated rings. The average molecular weight is 320 g/mol. The van der Waals surface area contributed by atoms with Gasteiger partial charge in [0.25, 0.3) is 0 Å². The topological polar surface area (TPSA) is 41.5 Å². The second-order valence-corrected chi connectivity index (χ2v) is 5.82. The Balaban J connectivity index is 1.76. The molecule has 0 heterocycles. The maximum Gasteiger partial charge on any atom is 0.119 e. The number of hydrogen-bond donors (Lipinski definition) is 2. The lowest BCUT2D eigenvalue weighted by atomic mass is 10.1. The normalized spacial score (nSPS) is 13.6. The molecule has 0 radical (unpaired) electrons. The predicted molar refractivity (Wildman–Crippen MR) is 90.6 cm³/mol. The molecule has 0 amide bonds. The Bertz CT molecular complexity index is 589. The molecule has 22 heavy (non-hydrogen) atoms. The van der Waals surface area contributed by atoms with Crippen LogP contribution in [-0.4, -0.2) is 24.4 Å². The fourth-order valence-electron chi connectivity index (χ4n) is 2.13. The van der Waals surface area contributed by atoms with Crippen LogP contribution in [-0.2, 0) is 0 Å². The summed E-state index contributed by atoms with van der Waals surface area (Å²) < 4.78 is 5.59. The first-order valence-corrected chi connectivity index (χ1v) is 7.79. The third kappa shape index (κ3) is 5.02. The van der Waals surface area contributed by atoms with E-state index >= 15 is 0 Å². The van der Waals surface area contributed by atoms with E-state index < -0.39 is 6.10 Å². The minimum absolute atomic E-state index is 0.189. The molecule has 0 bridgehead atoms. The summed E-state index contributed by atoms with van der Waals surface area (Å²) in [5, 5.41) is 14.0. The summed E-state index contributed by atoms with van der Waals surface area (Å²) in [6.45, 7) is 4.72. The van der Waals surface area contributed by atoms with Gasteiger partial charge in [-0.2, -0.15) is 0 Å². The fourth-order valence-corrected chi connectivity index (χ4v) is 2.25. The largest absolute Gasteiger partial charge is 0.491 e. The standard InChI is InChI=1S/C18H22ClNO2/c1-13-10-17(8-9-18(13)19)22-12-16(21)11-20-14(2)15-6-4-3-5-7-15/h3-10,14,16,20-21H,11-12H2,1-2H3/t14-,16-/m1/s1. The van der Waals surface area contributed by atoms with E-state index in [2.05, 4.69) is 24.4 Å². The maximum atomic E-state index is 10.0. The van der Waals surface area contributed by atoms with Gasteiger partial charge >= 0.3 is 0 Å². The van der Waals surface area contributed by atoms with E-state index in [1.807, 2.05) is 37.3 Å². The zero-order valence-corrected chi connectivity index (χ0v) is 13.7. The van der Waals surface area contributed by atoms with Crippen LogP contribution in [0.5, 0.6) is 5.75 Å². The van der Waals surface area contributed by atoms with Crippen molar-refractivity contribution < 1.29 is 9.84 Å². The van der Waals surface area contributed by atoms with Gasteiger partial charge in [-0.1, -0.05) is 41.9 Å². The van der Waals surface area contributed by atoms with Gasteiger partial charge in [-0.05, 0) is 43.2 Å². The van der Waals surface area contributed by atoms with E-state index in [-0.39, 0.29) is 12.6 Å². The lowest BCUT2D eigenvalue weighted by Gasteiger charge is -2.18. The molecule has 0 saturated heterocycles. The number of hydrogen-bond acceptors (Lipinski definition) is 3. The third-order valence-electron chi connectivity index (χ3n) is 3.53. The SMILES string of the molecule is Cc1cc(OC[C@H](O)CN[C@H](C)c2ccccc2)ccc1Cl. The Hall–Kier alpha value is -1.55. The van der Waals surface area contributed by atoms with Gasteiger partial charge in [0.05, 0.1) is 0 Å². The summed E-state index contributed by atoms with van der Waals surface area (Å²) >= 11 is 5.97. The monoisotopic (exact) mass is 319 g/mol. The molecule has 3 nitrogen and oxygen atoms in total. The first-order chi connectivity index (χ1) is 10.6. The van der Waals surface area contributed by atoms with Crippen molar-refractivity contribution in [2.24, 2.45) is 0 Å². The van der Waals surface area contributed by atoms with Gasteiger partial charge in [-0.25, -0.2) is 0 Å². The highest BCUT2D eigenvalue weighted by molar-refractivity contribution is 6.31. The lowest BCUT2D eigenvalue weighted by molar-refractivity contribution is 0.104. The van der Waals surface area contributed by atoms with Crippen molar-refractivity contribution in [1.29, 1.82) is 0 Å². The molecular formula is C18H22ClNO2. The van der Waals surface area contributed by atoms with Crippen molar-refractivity contribution >= 4 is 11.6 Å². The zero-order chi connectivity index (χ0) is 15.9. The van der Waals surface area contributed by atoms with Gasteiger partial charge in [0.1, 0.15) is 18.5 Å². The quantitative estimate of drug-likeness (QED) is 0.817. The highest BCUT2D eigenvalue weighted by Gasteiger charge is 2.09. The van der Waals surface area contributed by atoms with Crippen LogP contribution in [0.1, 0.15) is 24.1 Å². The van der Waals surface area contributed by atoms with Crippen molar-refractivity contribution in [2.45, 2.75) is 26.0 Å². The smallest absolute Gasteiger partial charge is 0.119 e. The summed E-state index contributed by atoms with van der Waals surface area (Å²) in [7, 11) is 0. The van der Waals surface area contributed by atoms with Crippen molar-refractivity contribution in [3.05, 3.63) is 64.7 Å². The molecule has 0 aromatic heterocycles. The lowest BCUT2D eigenvalue weighted by Crippen LogP contribution is -2.33. The molecule has 0 aliphatic rings. The molecule has 0 spiro atoms. The van der Waals surface area contributed by atoms with Crippen molar-refractivity contribution in [3.63, 3.8) is 0 Å². The van der Waals surface area contributed by atoms with Crippen LogP contribution in [0, 0.1) is 6.92 Å². The molecule has 2 N–H and O–H groups in total. The Morgan fingerprint density at radius 1 is 1.18 bits per heavy atom. The van der Waals surface area contributed by atoms with Gasteiger partial charge < -0.3 is 15.2 Å². The molecule has 0 aliphatic carbocycles. The third-order valence-corrected chi connectivity index (χ3v) is 3.96. The van der Waals surface area contributed by atoms with Crippen LogP contribution in [0.25, 0.3) is 0 Å². The van der Waals surface area contributed by atoms with Gasteiger partial charge in [0.15, 0.2) is 0 Å². The zero-order valence-electron chi connectivity index (χ0n) is 12.9. The van der Waals surface area contributed by atoms with Crippen molar-refractivity contribution in [1.82, 2.24) is 5.32 Å². The molecule has 2 rings (SSSR count). The molecule has 118 valence electrons. The van der Waals surface area contributed by atoms with Gasteiger partial charge in [0, 0.05) is 17.6 Å². The van der Waals surface area contributed by atoms with Crippen molar-refractivity contribution in [3.8, 4) is 5.75 Å². The van der Waals surface area contributed by atoms with Crippen LogP contribution in [0.2, 0.25) is 5.02 Å². The molecule has 4 heteroatoms. The van der Waals surface area contributed by atoms with Gasteiger partial charge in [-0.3, -0.25) is 0 Å². The Labute approximate surface area is 136 Å². The van der Waals surface area contributed by atoms with Crippen LogP contribution >= 0.6 is 11.6 Å². The van der Waals surface area contributed by atoms with E-state index in [1.165, 1.54) is 5.56 Å². The number of nitrogens with one attached hydrogen (secondary N) is 1. The predicted octanol–water partition coefficient (Wildman–Crippen LogP) is 3.74. The number of aliphatic hydroxyl groups excluding tert-OH is 1. The summed E-state index contributed by atoms with van der Waals surface area (Å²) in [4.78, 5) is 0. The van der Waals surface area contributed by atoms with Gasteiger partial charge in [-0.15, -0.1) is 0 Å². The molecule has 2 aromatic carbocycles. The average Bonchev–Trinajstić information content (AvgIpc) is 2.54. The number of rotatable bonds is 7. The second-order valence-electron chi connectivity index (χ2n) is 5.42. The highest BCUT2D eigenvalue weighted by atomic mass is 35.5. The van der Waals surface area contributed by atoms with E-state index in [9.17, 15) is 5.11 Å². The van der Waals surface area contributed by atoms with E-state index in [0.717, 1.165) is 11.3 Å². The Morgan fingerprint density at radius 3 is 2.59 bits per heavy atom. The Kier molecular flexibility index (Phi) is 6.25. The molecule has 0 saturated carbocycles. The van der Waals surface area contributed by atoms with E-state index in [0.29, 0.717) is 11.6 Å². The Morgan fingerprint density at radius 2 is 1.91 bits per heavy atom. The van der Waals surface area contributed by atoms with Crippen molar-refractivity contribution in [2.75, 3.05) is 13.2 Å². The molecule has 2 atom stereocenters. The second kappa shape index (κ2) is 8.18. The summed E-state index contributed by atoms with van der Waals surface area (Å²) in [5.74, 6) is 0.719. The molecular weight excluding hydrogens is 298 g/mol. The van der Waals surface area contributed by atoms with E-state index in [1.54, 1.807) is 6.07 Å². The van der Waals surface area contributed by atoms with Crippen LogP contribution in [0.3, 0.4) is 0 Å². The number of aryl methyl sites for hydroxylation is 1. The number of ether oxygens (including phenoxy) is 1. The first kappa shape index (κ1) is 16.8. The van der Waals surface area contributed by atoms with Crippen LogP contribution in [0.15, 0.2) is 48.5 Å². The maximum absolute atomic E-state index is 10.0. The van der Waals surface area contributed by atoms with E-state index in [4.69, 9.17) is 16.3 Å².